The lowest BCUT2D eigenvalue weighted by Gasteiger charge is -2.27. The molecule has 1 aromatic heterocycles. The van der Waals surface area contributed by atoms with Gasteiger partial charge in [0, 0.05) is 18.8 Å². The third kappa shape index (κ3) is 4.95. The molecule has 180 valence electrons. The summed E-state index contributed by atoms with van der Waals surface area (Å²) in [6.45, 7) is 2.53. The van der Waals surface area contributed by atoms with Gasteiger partial charge in [0.2, 0.25) is 15.9 Å². The zero-order valence-corrected chi connectivity index (χ0v) is 19.5. The van der Waals surface area contributed by atoms with Crippen LogP contribution in [0, 0.1) is 5.82 Å². The van der Waals surface area contributed by atoms with Crippen molar-refractivity contribution in [1.82, 2.24) is 13.9 Å². The molecule has 0 atom stereocenters. The van der Waals surface area contributed by atoms with Crippen molar-refractivity contribution >= 4 is 32.5 Å². The molecular formula is C23H25FN4O5S. The van der Waals surface area contributed by atoms with E-state index >= 15 is 0 Å². The van der Waals surface area contributed by atoms with Crippen LogP contribution in [-0.4, -0.2) is 47.9 Å². The Kier molecular flexibility index (Phi) is 6.94. The summed E-state index contributed by atoms with van der Waals surface area (Å²) >= 11 is 0. The molecule has 1 N–H and O–H groups in total. The molecule has 3 aromatic rings. The number of carbonyl (C=O) groups is 1. The maximum atomic E-state index is 13.5. The van der Waals surface area contributed by atoms with Crippen molar-refractivity contribution in [1.29, 1.82) is 0 Å². The molecule has 4 rings (SSSR count). The Morgan fingerprint density at radius 3 is 2.65 bits per heavy atom. The number of nitrogens with one attached hydrogen (secondary N) is 1. The van der Waals surface area contributed by atoms with Gasteiger partial charge in [-0.3, -0.25) is 14.2 Å². The van der Waals surface area contributed by atoms with Crippen LogP contribution in [0.2, 0.25) is 0 Å². The molecule has 0 unspecified atom stereocenters. The van der Waals surface area contributed by atoms with Crippen molar-refractivity contribution in [2.24, 2.45) is 0 Å². The lowest BCUT2D eigenvalue weighted by molar-refractivity contribution is -0.116. The molecule has 0 radical (unpaired) electrons. The van der Waals surface area contributed by atoms with E-state index in [-0.39, 0.29) is 34.9 Å². The second-order valence-electron chi connectivity index (χ2n) is 7.95. The zero-order chi connectivity index (χ0) is 24.3. The number of hydrogen-bond donors (Lipinski definition) is 1. The van der Waals surface area contributed by atoms with Crippen LogP contribution in [0.1, 0.15) is 26.2 Å². The number of rotatable bonds is 7. The minimum Gasteiger partial charge on any atom is -0.492 e. The summed E-state index contributed by atoms with van der Waals surface area (Å²) in [7, 11) is -3.81. The van der Waals surface area contributed by atoms with Gasteiger partial charge in [0.1, 0.15) is 23.0 Å². The van der Waals surface area contributed by atoms with Gasteiger partial charge in [0.15, 0.2) is 0 Å². The van der Waals surface area contributed by atoms with Crippen LogP contribution in [0.25, 0.3) is 10.9 Å². The highest BCUT2D eigenvalue weighted by Gasteiger charge is 2.29. The zero-order valence-electron chi connectivity index (χ0n) is 18.7. The number of piperidine rings is 1. The molecule has 1 saturated heterocycles. The van der Waals surface area contributed by atoms with Crippen molar-refractivity contribution in [3.63, 3.8) is 0 Å². The number of benzene rings is 2. The van der Waals surface area contributed by atoms with Crippen molar-refractivity contribution in [2.45, 2.75) is 37.6 Å². The number of nitrogens with zero attached hydrogens (tertiary/aromatic N) is 3. The lowest BCUT2D eigenvalue weighted by Crippen LogP contribution is -2.35. The molecule has 34 heavy (non-hydrogen) atoms. The van der Waals surface area contributed by atoms with Crippen LogP contribution in [0.4, 0.5) is 10.1 Å². The third-order valence-electron chi connectivity index (χ3n) is 5.56. The van der Waals surface area contributed by atoms with Crippen LogP contribution in [-0.2, 0) is 21.4 Å². The minimum atomic E-state index is -3.81. The van der Waals surface area contributed by atoms with Gasteiger partial charge in [-0.25, -0.2) is 17.8 Å². The molecule has 0 aliphatic carbocycles. The van der Waals surface area contributed by atoms with Gasteiger partial charge in [-0.15, -0.1) is 0 Å². The Hall–Kier alpha value is -3.31. The first kappa shape index (κ1) is 23.8. The fourth-order valence-corrected chi connectivity index (χ4v) is 5.58. The van der Waals surface area contributed by atoms with Gasteiger partial charge in [0.05, 0.1) is 23.8 Å². The normalized spacial score (nSPS) is 14.8. The predicted octanol–water partition coefficient (Wildman–Crippen LogP) is 2.75. The maximum absolute atomic E-state index is 13.5. The van der Waals surface area contributed by atoms with Gasteiger partial charge in [-0.1, -0.05) is 6.42 Å². The predicted molar refractivity (Wildman–Crippen MR) is 125 cm³/mol. The van der Waals surface area contributed by atoms with Crippen molar-refractivity contribution in [2.75, 3.05) is 25.0 Å². The number of anilines is 1. The topological polar surface area (TPSA) is 111 Å². The smallest absolute Gasteiger partial charge is 0.261 e. The molecule has 0 saturated carbocycles. The number of sulfonamides is 1. The average molecular weight is 489 g/mol. The third-order valence-corrected chi connectivity index (χ3v) is 7.48. The Bertz CT molecular complexity index is 1380. The summed E-state index contributed by atoms with van der Waals surface area (Å²) in [6, 6.07) is 8.07. The van der Waals surface area contributed by atoms with Crippen LogP contribution >= 0.6 is 0 Å². The molecule has 2 aromatic carbocycles. The Morgan fingerprint density at radius 1 is 1.15 bits per heavy atom. The summed E-state index contributed by atoms with van der Waals surface area (Å²) in [6.07, 6.45) is 3.78. The van der Waals surface area contributed by atoms with E-state index in [0.717, 1.165) is 29.9 Å². The molecular weight excluding hydrogens is 463 g/mol. The van der Waals surface area contributed by atoms with Crippen molar-refractivity contribution in [3.8, 4) is 5.75 Å². The molecule has 11 heteroatoms. The first-order chi connectivity index (χ1) is 16.3. The Balaban J connectivity index is 1.58. The lowest BCUT2D eigenvalue weighted by atomic mass is 10.2. The summed E-state index contributed by atoms with van der Waals surface area (Å²) < 4.78 is 48.1. The fourth-order valence-electron chi connectivity index (χ4n) is 3.91. The van der Waals surface area contributed by atoms with Crippen LogP contribution in [0.5, 0.6) is 5.75 Å². The highest BCUT2D eigenvalue weighted by Crippen LogP contribution is 2.31. The second kappa shape index (κ2) is 9.90. The van der Waals surface area contributed by atoms with E-state index in [9.17, 15) is 22.4 Å². The number of ether oxygens (including phenoxy) is 1. The second-order valence-corrected chi connectivity index (χ2v) is 9.85. The summed E-state index contributed by atoms with van der Waals surface area (Å²) in [5.74, 6) is -0.932. The molecule has 0 bridgehead atoms. The Labute approximate surface area is 196 Å². The highest BCUT2D eigenvalue weighted by molar-refractivity contribution is 7.89. The van der Waals surface area contributed by atoms with E-state index in [0.29, 0.717) is 18.6 Å². The van der Waals surface area contributed by atoms with Crippen LogP contribution < -0.4 is 15.6 Å². The number of fused-ring (bicyclic) bond motifs is 1. The summed E-state index contributed by atoms with van der Waals surface area (Å²) in [4.78, 5) is 29.3. The van der Waals surface area contributed by atoms with Gasteiger partial charge in [-0.05, 0) is 56.2 Å². The van der Waals surface area contributed by atoms with E-state index in [2.05, 4.69) is 10.3 Å². The van der Waals surface area contributed by atoms with Crippen molar-refractivity contribution < 1.29 is 22.3 Å². The Morgan fingerprint density at radius 2 is 1.91 bits per heavy atom. The molecule has 2 heterocycles. The maximum Gasteiger partial charge on any atom is 0.261 e. The molecule has 0 spiro atoms. The molecule has 1 aliphatic rings. The number of halogens is 1. The van der Waals surface area contributed by atoms with Crippen LogP contribution in [0.15, 0.2) is 52.4 Å². The van der Waals surface area contributed by atoms with E-state index in [1.54, 1.807) is 6.92 Å². The molecule has 9 nitrogen and oxygen atoms in total. The molecule has 1 amide bonds. The SMILES string of the molecule is CCOc1ccc(NC(=O)Cn2cnc3ccc(F)cc3c2=O)cc1S(=O)(=O)N1CCCCC1. The van der Waals surface area contributed by atoms with E-state index in [1.165, 1.54) is 41.0 Å². The first-order valence-corrected chi connectivity index (χ1v) is 12.4. The van der Waals surface area contributed by atoms with Gasteiger partial charge < -0.3 is 10.1 Å². The highest BCUT2D eigenvalue weighted by atomic mass is 32.2. The monoisotopic (exact) mass is 488 g/mol. The van der Waals surface area contributed by atoms with Crippen molar-refractivity contribution in [3.05, 3.63) is 58.9 Å². The van der Waals surface area contributed by atoms with E-state index in [4.69, 9.17) is 4.74 Å². The minimum absolute atomic E-state index is 0.0194. The summed E-state index contributed by atoms with van der Waals surface area (Å²) in [5.41, 5.74) is 0.0127. The number of amides is 1. The summed E-state index contributed by atoms with van der Waals surface area (Å²) in [5, 5.41) is 2.68. The number of hydrogen-bond acceptors (Lipinski definition) is 6. The number of aromatic nitrogens is 2. The van der Waals surface area contributed by atoms with Crippen LogP contribution in [0.3, 0.4) is 0 Å². The number of carbonyl (C=O) groups excluding carboxylic acids is 1. The van der Waals surface area contributed by atoms with Gasteiger partial charge in [0.25, 0.3) is 5.56 Å². The van der Waals surface area contributed by atoms with E-state index < -0.39 is 27.3 Å². The first-order valence-electron chi connectivity index (χ1n) is 11.0. The standard InChI is InChI=1S/C23H25FN4O5S/c1-2-33-20-9-7-17(13-21(20)34(31,32)28-10-4-3-5-11-28)26-22(29)14-27-15-25-19-8-6-16(24)12-18(19)23(27)30/h6-9,12-13,15H,2-5,10-11,14H2,1H3,(H,26,29). The molecule has 1 aliphatic heterocycles. The van der Waals surface area contributed by atoms with E-state index in [1.807, 2.05) is 0 Å². The molecule has 1 fully saturated rings. The fraction of sp³-hybridized carbons (Fsp3) is 0.348. The largest absolute Gasteiger partial charge is 0.492 e. The van der Waals surface area contributed by atoms with Gasteiger partial charge in [-0.2, -0.15) is 4.31 Å². The quantitative estimate of drug-likeness (QED) is 0.548. The van der Waals surface area contributed by atoms with Gasteiger partial charge >= 0.3 is 0 Å². The average Bonchev–Trinajstić information content (AvgIpc) is 2.83.